The second-order valence-corrected chi connectivity index (χ2v) is 8.32. The molecule has 2 aliphatic carbocycles. The number of benzene rings is 2. The molecule has 1 heteroatoms. The Morgan fingerprint density at radius 1 is 0.679 bits per heavy atom. The Balaban J connectivity index is 0.000000238. The molecule has 2 unspecified atom stereocenters. The second-order valence-electron chi connectivity index (χ2n) is 7.88. The lowest BCUT2D eigenvalue weighted by Crippen LogP contribution is -2.11. The Morgan fingerprint density at radius 2 is 1.21 bits per heavy atom. The third-order valence-electron chi connectivity index (χ3n) is 5.48. The summed E-state index contributed by atoms with van der Waals surface area (Å²) in [5.74, 6) is 1.73. The lowest BCUT2D eigenvalue weighted by atomic mass is 9.84. The van der Waals surface area contributed by atoms with Crippen molar-refractivity contribution in [2.75, 3.05) is 0 Å². The molecule has 2 aromatic carbocycles. The van der Waals surface area contributed by atoms with Crippen LogP contribution in [-0.2, 0) is 25.7 Å². The third kappa shape index (κ3) is 7.63. The summed E-state index contributed by atoms with van der Waals surface area (Å²) in [6, 6.07) is 13.2. The van der Waals surface area contributed by atoms with Crippen LogP contribution in [0.1, 0.15) is 82.2 Å². The Hall–Kier alpha value is -1.27. The highest BCUT2D eigenvalue weighted by molar-refractivity contribution is 6.30. The highest BCUT2D eigenvalue weighted by atomic mass is 35.5. The average Bonchev–Trinajstić information content (AvgIpc) is 2.71. The molecule has 2 aromatic rings. The van der Waals surface area contributed by atoms with Gasteiger partial charge in [0, 0.05) is 5.02 Å². The summed E-state index contributed by atoms with van der Waals surface area (Å²) >= 11 is 5.91. The first kappa shape index (κ1) is 24.8. The van der Waals surface area contributed by atoms with E-state index >= 15 is 0 Å². The fourth-order valence-corrected chi connectivity index (χ4v) is 4.17. The van der Waals surface area contributed by atoms with Crippen LogP contribution in [0, 0.1) is 18.8 Å². The van der Waals surface area contributed by atoms with E-state index in [0.717, 1.165) is 16.9 Å². The Bertz CT molecular complexity index is 701. The summed E-state index contributed by atoms with van der Waals surface area (Å²) in [7, 11) is 0. The molecule has 0 aromatic heterocycles. The van der Waals surface area contributed by atoms with E-state index in [-0.39, 0.29) is 0 Å². The molecule has 0 amide bonds. The summed E-state index contributed by atoms with van der Waals surface area (Å²) < 4.78 is 0. The maximum Gasteiger partial charge on any atom is 0.0408 e. The summed E-state index contributed by atoms with van der Waals surface area (Å²) in [4.78, 5) is 0. The molecule has 28 heavy (non-hydrogen) atoms. The third-order valence-corrected chi connectivity index (χ3v) is 5.71. The monoisotopic (exact) mass is 400 g/mol. The molecule has 4 rings (SSSR count). The maximum atomic E-state index is 5.91. The number of hydrogen-bond acceptors (Lipinski definition) is 0. The number of rotatable bonds is 0. The lowest BCUT2D eigenvalue weighted by Gasteiger charge is -2.21. The van der Waals surface area contributed by atoms with Gasteiger partial charge in [0.05, 0.1) is 0 Å². The van der Waals surface area contributed by atoms with E-state index in [1.54, 1.807) is 11.1 Å². The predicted molar refractivity (Wildman–Crippen MR) is 128 cm³/mol. The van der Waals surface area contributed by atoms with Gasteiger partial charge < -0.3 is 0 Å². The zero-order valence-electron chi connectivity index (χ0n) is 19.2. The number of hydrogen-bond donors (Lipinski definition) is 0. The van der Waals surface area contributed by atoms with Gasteiger partial charge in [-0.2, -0.15) is 0 Å². The van der Waals surface area contributed by atoms with Gasteiger partial charge in [-0.1, -0.05) is 83.0 Å². The maximum absolute atomic E-state index is 5.91. The van der Waals surface area contributed by atoms with Crippen molar-refractivity contribution in [3.05, 3.63) is 69.2 Å². The van der Waals surface area contributed by atoms with E-state index < -0.39 is 0 Å². The molecule has 0 fully saturated rings. The van der Waals surface area contributed by atoms with Crippen LogP contribution in [0.2, 0.25) is 5.02 Å². The largest absolute Gasteiger partial charge is 0.0843 e. The van der Waals surface area contributed by atoms with Crippen molar-refractivity contribution < 1.29 is 0 Å². The normalized spacial score (nSPS) is 19.3. The molecule has 2 atom stereocenters. The molecule has 0 bridgehead atoms. The van der Waals surface area contributed by atoms with Crippen LogP contribution >= 0.6 is 11.6 Å². The van der Waals surface area contributed by atoms with Crippen LogP contribution in [0.25, 0.3) is 0 Å². The van der Waals surface area contributed by atoms with Crippen molar-refractivity contribution in [2.45, 2.75) is 87.0 Å². The van der Waals surface area contributed by atoms with E-state index in [4.69, 9.17) is 11.6 Å². The molecule has 0 heterocycles. The molecule has 0 saturated heterocycles. The van der Waals surface area contributed by atoms with E-state index in [1.807, 2.05) is 33.8 Å². The molecule has 0 radical (unpaired) electrons. The Labute approximate surface area is 179 Å². The van der Waals surface area contributed by atoms with Crippen molar-refractivity contribution in [3.63, 3.8) is 0 Å². The average molecular weight is 401 g/mol. The fourth-order valence-electron chi connectivity index (χ4n) is 3.97. The van der Waals surface area contributed by atoms with Gasteiger partial charge in [-0.05, 0) is 91.7 Å². The minimum Gasteiger partial charge on any atom is -0.0843 e. The fraction of sp³-hybridized carbons (Fsp3) is 0.556. The van der Waals surface area contributed by atoms with Gasteiger partial charge in [0.2, 0.25) is 0 Å². The molecule has 2 aliphatic rings. The number of halogens is 1. The van der Waals surface area contributed by atoms with Gasteiger partial charge in [0.1, 0.15) is 0 Å². The van der Waals surface area contributed by atoms with Gasteiger partial charge in [-0.3, -0.25) is 0 Å². The Kier molecular flexibility index (Phi) is 11.5. The van der Waals surface area contributed by atoms with Crippen molar-refractivity contribution in [3.8, 4) is 0 Å². The first-order chi connectivity index (χ1) is 13.5. The summed E-state index contributed by atoms with van der Waals surface area (Å²) in [6.45, 7) is 14.8. The van der Waals surface area contributed by atoms with E-state index in [2.05, 4.69) is 51.1 Å². The van der Waals surface area contributed by atoms with Crippen molar-refractivity contribution in [1.29, 1.82) is 0 Å². The SMILES string of the molecule is CC.CC.CC1CCc2cc(Cl)ccc2C1.Cc1ccc2c(c1)CC(C)CC2. The highest BCUT2D eigenvalue weighted by Crippen LogP contribution is 2.27. The van der Waals surface area contributed by atoms with E-state index in [9.17, 15) is 0 Å². The number of aryl methyl sites for hydroxylation is 3. The molecule has 0 aliphatic heterocycles. The second kappa shape index (κ2) is 13.0. The quantitative estimate of drug-likeness (QED) is 0.415. The van der Waals surface area contributed by atoms with Crippen LogP contribution in [0.4, 0.5) is 0 Å². The minimum atomic E-state index is 0.846. The van der Waals surface area contributed by atoms with Crippen LogP contribution < -0.4 is 0 Å². The highest BCUT2D eigenvalue weighted by Gasteiger charge is 2.15. The van der Waals surface area contributed by atoms with Gasteiger partial charge in [-0.25, -0.2) is 0 Å². The van der Waals surface area contributed by atoms with Crippen molar-refractivity contribution >= 4 is 11.6 Å². The standard InChI is InChI=1S/C12H16.C11H13Cl.2C2H6/c1-9-3-5-11-6-4-10(2)8-12(11)7-9;1-8-2-3-10-7-11(12)5-4-9(10)6-8;2*1-2/h3,5,7,10H,4,6,8H2,1-2H3;4-5,7-8H,2-3,6H2,1H3;2*1-2H3. The summed E-state index contributed by atoms with van der Waals surface area (Å²) in [5, 5.41) is 0.878. The molecule has 156 valence electrons. The molecule has 0 nitrogen and oxygen atoms in total. The van der Waals surface area contributed by atoms with Crippen LogP contribution in [-0.4, -0.2) is 0 Å². The van der Waals surface area contributed by atoms with E-state index in [0.29, 0.717) is 0 Å². The molecule has 0 spiro atoms. The Morgan fingerprint density at radius 3 is 1.86 bits per heavy atom. The first-order valence-electron chi connectivity index (χ1n) is 11.4. The van der Waals surface area contributed by atoms with Crippen LogP contribution in [0.5, 0.6) is 0 Å². The zero-order valence-corrected chi connectivity index (χ0v) is 20.0. The molecular formula is C27H41Cl. The van der Waals surface area contributed by atoms with Gasteiger partial charge in [0.25, 0.3) is 0 Å². The van der Waals surface area contributed by atoms with E-state index in [1.165, 1.54) is 55.2 Å². The minimum absolute atomic E-state index is 0.846. The smallest absolute Gasteiger partial charge is 0.0408 e. The molecular weight excluding hydrogens is 360 g/mol. The molecule has 0 saturated carbocycles. The lowest BCUT2D eigenvalue weighted by molar-refractivity contribution is 0.501. The van der Waals surface area contributed by atoms with Crippen molar-refractivity contribution in [2.24, 2.45) is 11.8 Å². The summed E-state index contributed by atoms with van der Waals surface area (Å²) in [5.41, 5.74) is 7.54. The van der Waals surface area contributed by atoms with Crippen LogP contribution in [0.3, 0.4) is 0 Å². The van der Waals surface area contributed by atoms with Gasteiger partial charge in [-0.15, -0.1) is 0 Å². The zero-order chi connectivity index (χ0) is 21.1. The van der Waals surface area contributed by atoms with Gasteiger partial charge in [0.15, 0.2) is 0 Å². The van der Waals surface area contributed by atoms with Crippen molar-refractivity contribution in [1.82, 2.24) is 0 Å². The molecule has 0 N–H and O–H groups in total. The summed E-state index contributed by atoms with van der Waals surface area (Å²) in [6.07, 6.45) is 7.70. The van der Waals surface area contributed by atoms with Gasteiger partial charge >= 0.3 is 0 Å². The number of fused-ring (bicyclic) bond motifs is 2. The van der Waals surface area contributed by atoms with Crippen LogP contribution in [0.15, 0.2) is 36.4 Å². The predicted octanol–water partition coefficient (Wildman–Crippen LogP) is 8.64. The topological polar surface area (TPSA) is 0 Å². The first-order valence-corrected chi connectivity index (χ1v) is 11.7.